The van der Waals surface area contributed by atoms with E-state index in [-0.39, 0.29) is 0 Å². The van der Waals surface area contributed by atoms with Crippen molar-refractivity contribution in [1.82, 2.24) is 14.9 Å². The highest BCUT2D eigenvalue weighted by Gasteiger charge is 2.23. The lowest BCUT2D eigenvalue weighted by molar-refractivity contribution is 0.757. The van der Waals surface area contributed by atoms with Gasteiger partial charge in [-0.1, -0.05) is 133 Å². The number of aliphatic imine (C=N–C) groups is 2. The van der Waals surface area contributed by atoms with Gasteiger partial charge in [0.2, 0.25) is 0 Å². The van der Waals surface area contributed by atoms with Gasteiger partial charge in [0.05, 0.1) is 11.0 Å². The quantitative estimate of drug-likeness (QED) is 0.209. The number of aryl methyl sites for hydroxylation is 1. The number of fused-ring (bicyclic) bond motifs is 1. The van der Waals surface area contributed by atoms with E-state index < -0.39 is 6.17 Å². The second-order valence-corrected chi connectivity index (χ2v) is 11.3. The molecule has 1 aromatic heterocycles. The van der Waals surface area contributed by atoms with E-state index in [1.165, 1.54) is 0 Å². The Hall–Kier alpha value is -6.07. The van der Waals surface area contributed by atoms with Crippen LogP contribution < -0.4 is 5.32 Å². The summed E-state index contributed by atoms with van der Waals surface area (Å²) < 4.78 is 2.21. The molecule has 8 rings (SSSR count). The average Bonchev–Trinajstić information content (AvgIpc) is 3.48. The maximum absolute atomic E-state index is 5.17. The summed E-state index contributed by atoms with van der Waals surface area (Å²) in [7, 11) is 0. The van der Waals surface area contributed by atoms with Crippen LogP contribution in [0.3, 0.4) is 0 Å². The van der Waals surface area contributed by atoms with Crippen molar-refractivity contribution in [3.63, 3.8) is 0 Å². The Morgan fingerprint density at radius 1 is 0.500 bits per heavy atom. The standard InChI is InChI=1S/C41H31N5/c1-28-42-37-22-12-13-23-38(37)46(28)32-26-24-29(25-27-32)33-18-8-9-19-34(33)35-20-10-11-21-36(35)41-44-39(30-14-4-2-5-15-30)43-40(45-41)31-16-6-3-7-17-31/h2-27,41H,1H3,(H,43,44,45). The van der Waals surface area contributed by atoms with E-state index in [0.29, 0.717) is 0 Å². The topological polar surface area (TPSA) is 54.6 Å². The molecule has 0 aliphatic carbocycles. The van der Waals surface area contributed by atoms with Gasteiger partial charge in [-0.3, -0.25) is 4.57 Å². The number of rotatable bonds is 6. The Morgan fingerprint density at radius 2 is 1.04 bits per heavy atom. The average molecular weight is 594 g/mol. The van der Waals surface area contributed by atoms with Gasteiger partial charge < -0.3 is 5.32 Å². The smallest absolute Gasteiger partial charge is 0.170 e. The highest BCUT2D eigenvalue weighted by atomic mass is 15.2. The molecule has 1 N–H and O–H groups in total. The van der Waals surface area contributed by atoms with Crippen molar-refractivity contribution in [3.05, 3.63) is 180 Å². The van der Waals surface area contributed by atoms with Gasteiger partial charge in [-0.05, 0) is 53.4 Å². The fourth-order valence-electron chi connectivity index (χ4n) is 6.27. The Bertz CT molecular complexity index is 2170. The van der Waals surface area contributed by atoms with Crippen LogP contribution in [0.25, 0.3) is 39.0 Å². The van der Waals surface area contributed by atoms with Crippen molar-refractivity contribution in [1.29, 1.82) is 0 Å². The van der Waals surface area contributed by atoms with Crippen LogP contribution in [0.4, 0.5) is 0 Å². The summed E-state index contributed by atoms with van der Waals surface area (Å²) in [4.78, 5) is 15.1. The normalized spacial score (nSPS) is 13.2. The largest absolute Gasteiger partial charge is 0.324 e. The van der Waals surface area contributed by atoms with E-state index >= 15 is 0 Å². The van der Waals surface area contributed by atoms with Crippen LogP contribution >= 0.6 is 0 Å². The third kappa shape index (κ3) is 5.08. The van der Waals surface area contributed by atoms with Crippen LogP contribution in [0.1, 0.15) is 28.7 Å². The Morgan fingerprint density at radius 3 is 1.72 bits per heavy atom. The third-order valence-electron chi connectivity index (χ3n) is 8.46. The molecule has 0 fully saturated rings. The maximum atomic E-state index is 5.17. The summed E-state index contributed by atoms with van der Waals surface area (Å²) >= 11 is 0. The molecule has 5 nitrogen and oxygen atoms in total. The van der Waals surface area contributed by atoms with Gasteiger partial charge in [0.25, 0.3) is 0 Å². The summed E-state index contributed by atoms with van der Waals surface area (Å²) in [6.07, 6.45) is -0.421. The molecule has 0 spiro atoms. The number of hydrogen-bond acceptors (Lipinski definition) is 4. The molecule has 0 radical (unpaired) electrons. The molecule has 0 amide bonds. The zero-order valence-corrected chi connectivity index (χ0v) is 25.4. The van der Waals surface area contributed by atoms with Crippen LogP contribution in [0.2, 0.25) is 0 Å². The third-order valence-corrected chi connectivity index (χ3v) is 8.46. The number of imidazole rings is 1. The number of benzene rings is 6. The van der Waals surface area contributed by atoms with E-state index in [0.717, 1.165) is 73.2 Å². The maximum Gasteiger partial charge on any atom is 0.170 e. The van der Waals surface area contributed by atoms with Gasteiger partial charge in [-0.2, -0.15) is 0 Å². The van der Waals surface area contributed by atoms with Gasteiger partial charge >= 0.3 is 0 Å². The molecule has 1 aliphatic rings. The van der Waals surface area contributed by atoms with Gasteiger partial charge in [0.1, 0.15) is 17.5 Å². The van der Waals surface area contributed by atoms with Gasteiger partial charge in [-0.15, -0.1) is 0 Å². The number of amidine groups is 2. The molecule has 0 saturated heterocycles. The fraction of sp³-hybridized carbons (Fsp3) is 0.0488. The number of nitrogens with one attached hydrogen (secondary N) is 1. The minimum atomic E-state index is -0.421. The molecule has 0 atom stereocenters. The second kappa shape index (κ2) is 11.8. The second-order valence-electron chi connectivity index (χ2n) is 11.3. The van der Waals surface area contributed by atoms with Crippen molar-refractivity contribution in [2.75, 3.05) is 0 Å². The number of hydrogen-bond donors (Lipinski definition) is 1. The Balaban J connectivity index is 1.22. The van der Waals surface area contributed by atoms with E-state index in [2.05, 4.69) is 132 Å². The lowest BCUT2D eigenvalue weighted by Gasteiger charge is -2.24. The molecule has 0 bridgehead atoms. The van der Waals surface area contributed by atoms with Crippen LogP contribution in [-0.4, -0.2) is 21.2 Å². The predicted octanol–water partition coefficient (Wildman–Crippen LogP) is 9.16. The van der Waals surface area contributed by atoms with Crippen LogP contribution in [0, 0.1) is 6.92 Å². The van der Waals surface area contributed by atoms with Crippen LogP contribution in [0.5, 0.6) is 0 Å². The summed E-state index contributed by atoms with van der Waals surface area (Å²) in [5.41, 5.74) is 10.8. The lowest BCUT2D eigenvalue weighted by Crippen LogP contribution is -2.36. The molecule has 2 heterocycles. The molecule has 0 saturated carbocycles. The van der Waals surface area contributed by atoms with Crippen molar-refractivity contribution < 1.29 is 0 Å². The van der Waals surface area contributed by atoms with Crippen molar-refractivity contribution in [2.24, 2.45) is 9.98 Å². The fourth-order valence-corrected chi connectivity index (χ4v) is 6.27. The van der Waals surface area contributed by atoms with E-state index in [1.54, 1.807) is 0 Å². The monoisotopic (exact) mass is 593 g/mol. The van der Waals surface area contributed by atoms with E-state index in [1.807, 2.05) is 42.5 Å². The molecule has 5 heteroatoms. The first-order valence-electron chi connectivity index (χ1n) is 15.5. The van der Waals surface area contributed by atoms with Gasteiger partial charge in [-0.25, -0.2) is 15.0 Å². The van der Waals surface area contributed by atoms with Crippen molar-refractivity contribution in [3.8, 4) is 27.9 Å². The summed E-state index contributed by atoms with van der Waals surface area (Å²) in [5.74, 6) is 2.58. The Labute approximate surface area is 268 Å². The summed E-state index contributed by atoms with van der Waals surface area (Å²) in [5, 5.41) is 3.51. The van der Waals surface area contributed by atoms with Crippen molar-refractivity contribution >= 4 is 22.7 Å². The summed E-state index contributed by atoms with van der Waals surface area (Å²) in [6, 6.07) is 54.6. The molecule has 220 valence electrons. The SMILES string of the molecule is Cc1nc2ccccc2n1-c1ccc(-c2ccccc2-c2ccccc2C2N=C(c3ccccc3)NC(c3ccccc3)=N2)cc1. The van der Waals surface area contributed by atoms with E-state index in [9.17, 15) is 0 Å². The van der Waals surface area contributed by atoms with Crippen LogP contribution in [0.15, 0.2) is 168 Å². The molecule has 46 heavy (non-hydrogen) atoms. The predicted molar refractivity (Wildman–Crippen MR) is 189 cm³/mol. The molecule has 1 aliphatic heterocycles. The first-order chi connectivity index (χ1) is 22.7. The van der Waals surface area contributed by atoms with Crippen LogP contribution in [-0.2, 0) is 0 Å². The van der Waals surface area contributed by atoms with Gasteiger partial charge in [0, 0.05) is 22.4 Å². The molecule has 0 unspecified atom stereocenters. The van der Waals surface area contributed by atoms with Crippen molar-refractivity contribution in [2.45, 2.75) is 13.1 Å². The van der Waals surface area contributed by atoms with Gasteiger partial charge in [0.15, 0.2) is 6.17 Å². The molecular weight excluding hydrogens is 562 g/mol. The molecular formula is C41H31N5. The minimum Gasteiger partial charge on any atom is -0.324 e. The highest BCUT2D eigenvalue weighted by molar-refractivity contribution is 6.16. The van der Waals surface area contributed by atoms with E-state index in [4.69, 9.17) is 15.0 Å². The zero-order valence-electron chi connectivity index (χ0n) is 25.4. The first-order valence-corrected chi connectivity index (χ1v) is 15.5. The number of nitrogens with zero attached hydrogens (tertiary/aromatic N) is 4. The summed E-state index contributed by atoms with van der Waals surface area (Å²) in [6.45, 7) is 2.05. The first kappa shape index (κ1) is 27.5. The Kier molecular flexibility index (Phi) is 7.04. The number of aromatic nitrogens is 2. The lowest BCUT2D eigenvalue weighted by atomic mass is 9.91. The zero-order chi connectivity index (χ0) is 30.9. The highest BCUT2D eigenvalue weighted by Crippen LogP contribution is 2.38. The number of para-hydroxylation sites is 2. The molecule has 7 aromatic rings. The molecule has 6 aromatic carbocycles. The minimum absolute atomic E-state index is 0.421.